The molecule has 100 valence electrons. The Kier molecular flexibility index (Phi) is 4.97. The standard InChI is InChI=1S/C13H13N3S2.HI/c1-17-12(14)10-4-6-16-11(10)8-18-13(16)9-3-2-5-15-7-9;/h2-7,13-14H,8H2,1H3;1H. The van der Waals surface area contributed by atoms with Gasteiger partial charge in [-0.25, -0.2) is 0 Å². The van der Waals surface area contributed by atoms with Crippen LogP contribution in [0.5, 0.6) is 0 Å². The van der Waals surface area contributed by atoms with Crippen molar-refractivity contribution in [3.05, 3.63) is 53.6 Å². The zero-order valence-electron chi connectivity index (χ0n) is 10.4. The maximum absolute atomic E-state index is 7.96. The number of fused-ring (bicyclic) bond motifs is 1. The number of hydrogen-bond acceptors (Lipinski definition) is 4. The van der Waals surface area contributed by atoms with Gasteiger partial charge in [0.05, 0.1) is 5.04 Å². The van der Waals surface area contributed by atoms with Crippen molar-refractivity contribution >= 4 is 52.5 Å². The fourth-order valence-corrected chi connectivity index (χ4v) is 3.90. The molecular formula is C13H14IN3S2. The maximum Gasteiger partial charge on any atom is 0.106 e. The minimum Gasteiger partial charge on any atom is -0.333 e. The van der Waals surface area contributed by atoms with Crippen molar-refractivity contribution < 1.29 is 0 Å². The van der Waals surface area contributed by atoms with Crippen LogP contribution < -0.4 is 0 Å². The van der Waals surface area contributed by atoms with Crippen LogP contribution in [0.4, 0.5) is 0 Å². The lowest BCUT2D eigenvalue weighted by Crippen LogP contribution is -2.03. The normalized spacial score (nSPS) is 16.8. The van der Waals surface area contributed by atoms with E-state index in [9.17, 15) is 0 Å². The average molecular weight is 403 g/mol. The van der Waals surface area contributed by atoms with Gasteiger partial charge in [0.2, 0.25) is 0 Å². The van der Waals surface area contributed by atoms with Crippen LogP contribution in [0.25, 0.3) is 0 Å². The molecule has 2 aromatic heterocycles. The molecule has 0 spiro atoms. The van der Waals surface area contributed by atoms with Gasteiger partial charge in [-0.05, 0) is 18.4 Å². The zero-order chi connectivity index (χ0) is 12.5. The van der Waals surface area contributed by atoms with Crippen molar-refractivity contribution in [2.45, 2.75) is 11.1 Å². The van der Waals surface area contributed by atoms with E-state index in [4.69, 9.17) is 5.41 Å². The first-order valence-electron chi connectivity index (χ1n) is 5.65. The molecule has 0 saturated heterocycles. The van der Waals surface area contributed by atoms with E-state index in [1.165, 1.54) is 23.0 Å². The van der Waals surface area contributed by atoms with Crippen molar-refractivity contribution in [3.63, 3.8) is 0 Å². The van der Waals surface area contributed by atoms with E-state index in [2.05, 4.69) is 27.9 Å². The Morgan fingerprint density at radius 2 is 2.37 bits per heavy atom. The predicted molar refractivity (Wildman–Crippen MR) is 93.9 cm³/mol. The number of hydrogen-bond donors (Lipinski definition) is 1. The fraction of sp³-hybridized carbons (Fsp3) is 0.231. The molecule has 1 aliphatic rings. The average Bonchev–Trinajstić information content (AvgIpc) is 3.00. The van der Waals surface area contributed by atoms with Gasteiger partial charge in [0.15, 0.2) is 0 Å². The van der Waals surface area contributed by atoms with E-state index < -0.39 is 0 Å². The molecule has 3 heterocycles. The molecule has 6 heteroatoms. The molecule has 1 unspecified atom stereocenters. The molecule has 1 atom stereocenters. The number of rotatable bonds is 2. The SMILES string of the molecule is CSC(=N)c1ccn2c1CSC2c1cccnc1.I. The van der Waals surface area contributed by atoms with Gasteiger partial charge in [-0.2, -0.15) is 0 Å². The van der Waals surface area contributed by atoms with Crippen LogP contribution in [0, 0.1) is 5.41 Å². The number of halogens is 1. The molecule has 1 aliphatic heterocycles. The Labute approximate surface area is 138 Å². The predicted octanol–water partition coefficient (Wildman–Crippen LogP) is 3.98. The summed E-state index contributed by atoms with van der Waals surface area (Å²) in [5, 5.41) is 8.91. The molecule has 0 bridgehead atoms. The Morgan fingerprint density at radius 3 is 3.05 bits per heavy atom. The maximum atomic E-state index is 7.96. The summed E-state index contributed by atoms with van der Waals surface area (Å²) in [5.41, 5.74) is 3.55. The molecular weight excluding hydrogens is 389 g/mol. The van der Waals surface area contributed by atoms with Gasteiger partial charge < -0.3 is 4.57 Å². The topological polar surface area (TPSA) is 41.7 Å². The lowest BCUT2D eigenvalue weighted by Gasteiger charge is -2.12. The highest BCUT2D eigenvalue weighted by Gasteiger charge is 2.27. The van der Waals surface area contributed by atoms with Gasteiger partial charge in [-0.15, -0.1) is 47.5 Å². The van der Waals surface area contributed by atoms with Crippen LogP contribution in [-0.4, -0.2) is 20.9 Å². The van der Waals surface area contributed by atoms with Crippen LogP contribution in [0.2, 0.25) is 0 Å². The van der Waals surface area contributed by atoms with Gasteiger partial charge in [-0.1, -0.05) is 6.07 Å². The highest BCUT2D eigenvalue weighted by molar-refractivity contribution is 14.0. The van der Waals surface area contributed by atoms with Crippen LogP contribution >= 0.6 is 47.5 Å². The Balaban J connectivity index is 0.00000133. The first-order chi connectivity index (χ1) is 8.81. The van der Waals surface area contributed by atoms with Crippen LogP contribution in [0.3, 0.4) is 0 Å². The minimum atomic E-state index is 0. The highest BCUT2D eigenvalue weighted by Crippen LogP contribution is 2.42. The summed E-state index contributed by atoms with van der Waals surface area (Å²) in [6, 6.07) is 6.14. The van der Waals surface area contributed by atoms with E-state index in [0.717, 1.165) is 11.3 Å². The molecule has 19 heavy (non-hydrogen) atoms. The number of nitrogens with one attached hydrogen (secondary N) is 1. The molecule has 2 aromatic rings. The van der Waals surface area contributed by atoms with E-state index in [1.54, 1.807) is 6.20 Å². The van der Waals surface area contributed by atoms with Gasteiger partial charge in [0, 0.05) is 41.2 Å². The second-order valence-electron chi connectivity index (χ2n) is 4.07. The van der Waals surface area contributed by atoms with Gasteiger partial charge in [-0.3, -0.25) is 10.4 Å². The summed E-state index contributed by atoms with van der Waals surface area (Å²) in [6.45, 7) is 0. The smallest absolute Gasteiger partial charge is 0.106 e. The van der Waals surface area contributed by atoms with E-state index in [-0.39, 0.29) is 24.0 Å². The molecule has 0 aliphatic carbocycles. The largest absolute Gasteiger partial charge is 0.333 e. The number of pyridine rings is 1. The molecule has 0 amide bonds. The summed E-state index contributed by atoms with van der Waals surface area (Å²) >= 11 is 3.38. The van der Waals surface area contributed by atoms with E-state index in [1.807, 2.05) is 30.3 Å². The fourth-order valence-electron chi connectivity index (χ4n) is 2.19. The van der Waals surface area contributed by atoms with E-state index >= 15 is 0 Å². The summed E-state index contributed by atoms with van der Waals surface area (Å²) in [5.74, 6) is 0.963. The minimum absolute atomic E-state index is 0. The number of nitrogens with zero attached hydrogens (tertiary/aromatic N) is 2. The molecule has 0 saturated carbocycles. The number of aromatic nitrogens is 2. The Hall–Kier alpha value is -0.470. The third kappa shape index (κ3) is 2.71. The zero-order valence-corrected chi connectivity index (χ0v) is 14.3. The summed E-state index contributed by atoms with van der Waals surface area (Å²) in [4.78, 5) is 4.19. The molecule has 1 N–H and O–H groups in total. The summed E-state index contributed by atoms with van der Waals surface area (Å²) < 4.78 is 2.27. The third-order valence-corrected chi connectivity index (χ3v) is 4.96. The second-order valence-corrected chi connectivity index (χ2v) is 5.95. The van der Waals surface area contributed by atoms with Gasteiger partial charge >= 0.3 is 0 Å². The Morgan fingerprint density at radius 1 is 1.53 bits per heavy atom. The molecule has 0 aromatic carbocycles. The molecule has 0 radical (unpaired) electrons. The Bertz CT molecular complexity index is 583. The van der Waals surface area contributed by atoms with Gasteiger partial charge in [0.25, 0.3) is 0 Å². The molecule has 0 fully saturated rings. The van der Waals surface area contributed by atoms with Crippen LogP contribution in [0.15, 0.2) is 36.8 Å². The van der Waals surface area contributed by atoms with Crippen molar-refractivity contribution in [2.75, 3.05) is 6.26 Å². The molecule has 3 rings (SSSR count). The first-order valence-corrected chi connectivity index (χ1v) is 7.92. The van der Waals surface area contributed by atoms with Crippen molar-refractivity contribution in [1.29, 1.82) is 5.41 Å². The summed E-state index contributed by atoms with van der Waals surface area (Å²) in [7, 11) is 0. The van der Waals surface area contributed by atoms with Gasteiger partial charge in [0.1, 0.15) is 5.37 Å². The van der Waals surface area contributed by atoms with Crippen molar-refractivity contribution in [1.82, 2.24) is 9.55 Å². The monoisotopic (exact) mass is 403 g/mol. The highest BCUT2D eigenvalue weighted by atomic mass is 127. The van der Waals surface area contributed by atoms with E-state index in [0.29, 0.717) is 10.4 Å². The second kappa shape index (κ2) is 6.32. The van der Waals surface area contributed by atoms with Crippen molar-refractivity contribution in [3.8, 4) is 0 Å². The third-order valence-electron chi connectivity index (χ3n) is 3.07. The molecule has 3 nitrogen and oxygen atoms in total. The van der Waals surface area contributed by atoms with Crippen LogP contribution in [-0.2, 0) is 5.75 Å². The lowest BCUT2D eigenvalue weighted by atomic mass is 10.2. The summed E-state index contributed by atoms with van der Waals surface area (Å²) in [6.07, 6.45) is 7.76. The number of thioether (sulfide) groups is 2. The quantitative estimate of drug-likeness (QED) is 0.469. The lowest BCUT2D eigenvalue weighted by molar-refractivity contribution is 0.777. The first kappa shape index (κ1) is 14.9. The van der Waals surface area contributed by atoms with Crippen molar-refractivity contribution in [2.24, 2.45) is 0 Å². The van der Waals surface area contributed by atoms with Crippen LogP contribution in [0.1, 0.15) is 22.2 Å².